The van der Waals surface area contributed by atoms with Gasteiger partial charge in [-0.2, -0.15) is 0 Å². The van der Waals surface area contributed by atoms with Crippen molar-refractivity contribution in [1.29, 1.82) is 0 Å². The fraction of sp³-hybridized carbons (Fsp3) is 0.929. The summed E-state index contributed by atoms with van der Waals surface area (Å²) in [6.07, 6.45) is 3.75. The van der Waals surface area contributed by atoms with Crippen LogP contribution in [0.25, 0.3) is 0 Å². The number of carbonyl (C=O) groups is 1. The monoisotopic (exact) mass is 324 g/mol. The Morgan fingerprint density at radius 3 is 2.67 bits per heavy atom. The minimum Gasteiger partial charge on any atom is -0.381 e. The van der Waals surface area contributed by atoms with Crippen molar-refractivity contribution in [3.05, 3.63) is 0 Å². The van der Waals surface area contributed by atoms with Crippen LogP contribution in [0, 0.1) is 5.41 Å². The van der Waals surface area contributed by atoms with Crippen LogP contribution in [0.15, 0.2) is 0 Å². The minimum atomic E-state index is -2.75. The van der Waals surface area contributed by atoms with E-state index in [4.69, 9.17) is 4.74 Å². The number of amides is 1. The lowest BCUT2D eigenvalue weighted by Gasteiger charge is -2.45. The van der Waals surface area contributed by atoms with Crippen LogP contribution in [0.3, 0.4) is 0 Å². The van der Waals surface area contributed by atoms with Crippen molar-refractivity contribution in [3.8, 4) is 0 Å². The van der Waals surface area contributed by atoms with Gasteiger partial charge in [-0.15, -0.1) is 12.4 Å². The third-order valence-electron chi connectivity index (χ3n) is 4.79. The Kier molecular flexibility index (Phi) is 5.11. The first-order chi connectivity index (χ1) is 9.50. The molecule has 1 N–H and O–H groups in total. The number of nitrogens with one attached hydrogen (secondary N) is 1. The Morgan fingerprint density at radius 2 is 2.05 bits per heavy atom. The molecule has 1 amide bonds. The summed E-state index contributed by atoms with van der Waals surface area (Å²) in [6, 6.07) is -0.718. The van der Waals surface area contributed by atoms with E-state index in [2.05, 4.69) is 5.32 Å². The molecule has 21 heavy (non-hydrogen) atoms. The van der Waals surface area contributed by atoms with Gasteiger partial charge in [-0.05, 0) is 25.7 Å². The maximum atomic E-state index is 13.2. The number of hydrogen-bond acceptors (Lipinski definition) is 3. The molecule has 0 aliphatic carbocycles. The molecule has 3 saturated heterocycles. The summed E-state index contributed by atoms with van der Waals surface area (Å²) in [6.45, 7) is 2.46. The lowest BCUT2D eigenvalue weighted by atomic mass is 9.75. The number of nitrogens with zero attached hydrogens (tertiary/aromatic N) is 1. The summed E-state index contributed by atoms with van der Waals surface area (Å²) < 4.78 is 32.0. The second-order valence-electron chi connectivity index (χ2n) is 6.51. The van der Waals surface area contributed by atoms with Crippen molar-refractivity contribution in [2.45, 2.75) is 44.1 Å². The third kappa shape index (κ3) is 3.66. The van der Waals surface area contributed by atoms with Crippen molar-refractivity contribution >= 4 is 18.3 Å². The Hall–Kier alpha value is -0.460. The highest BCUT2D eigenvalue weighted by molar-refractivity contribution is 5.85. The third-order valence-corrected chi connectivity index (χ3v) is 4.79. The normalized spacial score (nSPS) is 35.5. The topological polar surface area (TPSA) is 41.6 Å². The molecule has 0 bridgehead atoms. The summed E-state index contributed by atoms with van der Waals surface area (Å²) in [7, 11) is 0. The molecule has 0 aromatic rings. The van der Waals surface area contributed by atoms with Crippen molar-refractivity contribution in [1.82, 2.24) is 10.2 Å². The predicted molar refractivity (Wildman–Crippen MR) is 76.9 cm³/mol. The molecule has 3 rings (SSSR count). The van der Waals surface area contributed by atoms with E-state index in [1.165, 1.54) is 0 Å². The number of likely N-dealkylation sites (tertiary alicyclic amines) is 1. The number of rotatable bonds is 1. The van der Waals surface area contributed by atoms with Crippen LogP contribution in [0.4, 0.5) is 8.78 Å². The zero-order valence-electron chi connectivity index (χ0n) is 12.1. The van der Waals surface area contributed by atoms with Crippen LogP contribution in [0.5, 0.6) is 0 Å². The zero-order valence-corrected chi connectivity index (χ0v) is 12.9. The molecule has 0 radical (unpaired) electrons. The standard InChI is InChI=1S/C14H22F2N2O2.ClH/c15-14(16)7-11(17-8-14)12(19)18-5-1-3-13(9-18)4-2-6-20-10-13;/h11,17H,1-10H2;1H. The Bertz CT molecular complexity index is 384. The van der Waals surface area contributed by atoms with E-state index in [-0.39, 0.29) is 36.7 Å². The molecule has 0 saturated carbocycles. The summed E-state index contributed by atoms with van der Waals surface area (Å²) in [4.78, 5) is 14.2. The van der Waals surface area contributed by atoms with Gasteiger partial charge in [-0.25, -0.2) is 8.78 Å². The van der Waals surface area contributed by atoms with E-state index in [0.29, 0.717) is 19.7 Å². The number of hydrogen-bond donors (Lipinski definition) is 1. The van der Waals surface area contributed by atoms with Crippen molar-refractivity contribution in [2.24, 2.45) is 5.41 Å². The fourth-order valence-electron chi connectivity index (χ4n) is 3.74. The van der Waals surface area contributed by atoms with Crippen LogP contribution in [-0.2, 0) is 9.53 Å². The van der Waals surface area contributed by atoms with Gasteiger partial charge in [0, 0.05) is 31.5 Å². The lowest BCUT2D eigenvalue weighted by molar-refractivity contribution is -0.140. The predicted octanol–water partition coefficient (Wildman–Crippen LogP) is 1.82. The first kappa shape index (κ1) is 16.9. The molecular formula is C14H23ClF2N2O2. The van der Waals surface area contributed by atoms with Crippen LogP contribution >= 0.6 is 12.4 Å². The van der Waals surface area contributed by atoms with Crippen molar-refractivity contribution < 1.29 is 18.3 Å². The van der Waals surface area contributed by atoms with Crippen LogP contribution < -0.4 is 5.32 Å². The van der Waals surface area contributed by atoms with E-state index >= 15 is 0 Å². The minimum absolute atomic E-state index is 0. The summed E-state index contributed by atoms with van der Waals surface area (Å²) in [5.74, 6) is -2.91. The van der Waals surface area contributed by atoms with E-state index in [1.807, 2.05) is 0 Å². The Balaban J connectivity index is 0.00000161. The molecule has 3 heterocycles. The average molecular weight is 325 g/mol. The average Bonchev–Trinajstić information content (AvgIpc) is 2.79. The molecule has 1 spiro atoms. The van der Waals surface area contributed by atoms with Gasteiger partial charge < -0.3 is 9.64 Å². The van der Waals surface area contributed by atoms with Gasteiger partial charge in [-0.3, -0.25) is 10.1 Å². The number of piperidine rings is 1. The molecule has 4 nitrogen and oxygen atoms in total. The molecule has 0 aromatic carbocycles. The molecule has 2 unspecified atom stereocenters. The fourth-order valence-corrected chi connectivity index (χ4v) is 3.74. The molecule has 3 fully saturated rings. The Labute approximate surface area is 130 Å². The number of halogens is 3. The van der Waals surface area contributed by atoms with Crippen LogP contribution in [-0.4, -0.2) is 55.6 Å². The first-order valence-electron chi connectivity index (χ1n) is 7.48. The number of alkyl halides is 2. The van der Waals surface area contributed by atoms with Gasteiger partial charge >= 0.3 is 0 Å². The smallest absolute Gasteiger partial charge is 0.262 e. The van der Waals surface area contributed by atoms with Gasteiger partial charge in [0.2, 0.25) is 5.91 Å². The number of ether oxygens (including phenoxy) is 1. The van der Waals surface area contributed by atoms with Gasteiger partial charge in [-0.1, -0.05) is 0 Å². The highest BCUT2D eigenvalue weighted by Crippen LogP contribution is 2.38. The van der Waals surface area contributed by atoms with Gasteiger partial charge in [0.25, 0.3) is 5.92 Å². The number of carbonyl (C=O) groups excluding carboxylic acids is 1. The van der Waals surface area contributed by atoms with E-state index < -0.39 is 12.0 Å². The SMILES string of the molecule is Cl.O=C(C1CC(F)(F)CN1)N1CCCC2(CCCOC2)C1. The van der Waals surface area contributed by atoms with Gasteiger partial charge in [0.05, 0.1) is 19.2 Å². The van der Waals surface area contributed by atoms with E-state index in [9.17, 15) is 13.6 Å². The molecule has 3 aliphatic rings. The highest BCUT2D eigenvalue weighted by atomic mass is 35.5. The molecule has 3 aliphatic heterocycles. The van der Waals surface area contributed by atoms with Gasteiger partial charge in [0.1, 0.15) is 0 Å². The molecule has 2 atom stereocenters. The molecular weight excluding hydrogens is 302 g/mol. The van der Waals surface area contributed by atoms with Crippen molar-refractivity contribution in [3.63, 3.8) is 0 Å². The maximum Gasteiger partial charge on any atom is 0.262 e. The van der Waals surface area contributed by atoms with Crippen molar-refractivity contribution in [2.75, 3.05) is 32.8 Å². The van der Waals surface area contributed by atoms with E-state index in [1.54, 1.807) is 4.90 Å². The van der Waals surface area contributed by atoms with Crippen LogP contribution in [0.1, 0.15) is 32.1 Å². The summed E-state index contributed by atoms with van der Waals surface area (Å²) >= 11 is 0. The summed E-state index contributed by atoms with van der Waals surface area (Å²) in [5.41, 5.74) is 0.0628. The first-order valence-corrected chi connectivity index (χ1v) is 7.48. The Morgan fingerprint density at radius 1 is 1.29 bits per heavy atom. The largest absolute Gasteiger partial charge is 0.381 e. The highest BCUT2D eigenvalue weighted by Gasteiger charge is 2.46. The maximum absolute atomic E-state index is 13.2. The van der Waals surface area contributed by atoms with Crippen LogP contribution in [0.2, 0.25) is 0 Å². The summed E-state index contributed by atoms with van der Waals surface area (Å²) in [5, 5.41) is 2.66. The second-order valence-corrected chi connectivity index (χ2v) is 6.51. The van der Waals surface area contributed by atoms with E-state index in [0.717, 1.165) is 32.3 Å². The zero-order chi connectivity index (χ0) is 14.2. The second kappa shape index (κ2) is 6.34. The molecule has 0 aromatic heterocycles. The van der Waals surface area contributed by atoms with Gasteiger partial charge in [0.15, 0.2) is 0 Å². The molecule has 122 valence electrons. The quantitative estimate of drug-likeness (QED) is 0.800. The molecule has 7 heteroatoms. The lowest BCUT2D eigenvalue weighted by Crippen LogP contribution is -2.53.